The van der Waals surface area contributed by atoms with E-state index in [0.29, 0.717) is 6.42 Å². The number of carbonyl (C=O) groups excluding carboxylic acids is 1. The number of benzene rings is 1. The predicted molar refractivity (Wildman–Crippen MR) is 72.8 cm³/mol. The average molecular weight is 246 g/mol. The molecule has 1 aliphatic rings. The molecular formula is C16H22O2. The monoisotopic (exact) mass is 246 g/mol. The zero-order valence-corrected chi connectivity index (χ0v) is 11.5. The van der Waals surface area contributed by atoms with E-state index in [1.165, 1.54) is 5.56 Å². The summed E-state index contributed by atoms with van der Waals surface area (Å²) in [6, 6.07) is 8.37. The molecule has 1 aliphatic heterocycles. The van der Waals surface area contributed by atoms with Crippen LogP contribution in [0.15, 0.2) is 24.3 Å². The van der Waals surface area contributed by atoms with Crippen molar-refractivity contribution in [3.05, 3.63) is 35.4 Å². The van der Waals surface area contributed by atoms with E-state index in [9.17, 15) is 4.79 Å². The first kappa shape index (κ1) is 13.3. The van der Waals surface area contributed by atoms with Crippen LogP contribution in [0.2, 0.25) is 0 Å². The molecule has 1 aromatic carbocycles. The Morgan fingerprint density at radius 2 is 1.94 bits per heavy atom. The Bertz CT molecular complexity index is 406. The van der Waals surface area contributed by atoms with Crippen molar-refractivity contribution in [3.8, 4) is 0 Å². The van der Waals surface area contributed by atoms with Crippen LogP contribution in [0.4, 0.5) is 0 Å². The number of hydrogen-bond donors (Lipinski definition) is 0. The fourth-order valence-corrected chi connectivity index (χ4v) is 2.27. The Hall–Kier alpha value is -1.15. The Labute approximate surface area is 109 Å². The summed E-state index contributed by atoms with van der Waals surface area (Å²) in [6.07, 6.45) is 2.24. The summed E-state index contributed by atoms with van der Waals surface area (Å²) in [6.45, 7) is 7.32. The Morgan fingerprint density at radius 1 is 1.28 bits per heavy atom. The highest BCUT2D eigenvalue weighted by Crippen LogP contribution is 2.23. The summed E-state index contributed by atoms with van der Waals surface area (Å²) in [7, 11) is 0. The van der Waals surface area contributed by atoms with E-state index in [2.05, 4.69) is 45.0 Å². The smallest absolute Gasteiger partial charge is 0.165 e. The molecule has 1 unspecified atom stereocenters. The molecule has 0 radical (unpaired) electrons. The van der Waals surface area contributed by atoms with Crippen LogP contribution in [0.5, 0.6) is 0 Å². The van der Waals surface area contributed by atoms with Crippen LogP contribution in [-0.4, -0.2) is 18.5 Å². The second kappa shape index (κ2) is 5.23. The van der Waals surface area contributed by atoms with Gasteiger partial charge in [0.25, 0.3) is 0 Å². The van der Waals surface area contributed by atoms with Gasteiger partial charge in [-0.05, 0) is 29.4 Å². The lowest BCUT2D eigenvalue weighted by atomic mass is 9.86. The minimum atomic E-state index is -0.160. The molecule has 0 bridgehead atoms. The van der Waals surface area contributed by atoms with Gasteiger partial charge in [0.1, 0.15) is 6.10 Å². The molecule has 0 spiro atoms. The van der Waals surface area contributed by atoms with Gasteiger partial charge in [-0.1, -0.05) is 45.0 Å². The largest absolute Gasteiger partial charge is 0.370 e. The molecule has 0 N–H and O–H groups in total. The topological polar surface area (TPSA) is 26.3 Å². The van der Waals surface area contributed by atoms with Crippen LogP contribution in [0.1, 0.15) is 44.7 Å². The molecular weight excluding hydrogens is 224 g/mol. The van der Waals surface area contributed by atoms with Crippen LogP contribution in [0.3, 0.4) is 0 Å². The first-order valence-electron chi connectivity index (χ1n) is 6.70. The summed E-state index contributed by atoms with van der Waals surface area (Å²) in [5.74, 6) is 0.219. The summed E-state index contributed by atoms with van der Waals surface area (Å²) < 4.78 is 5.42. The molecule has 1 heterocycles. The lowest BCUT2D eigenvalue weighted by Gasteiger charge is -2.19. The minimum absolute atomic E-state index is 0.160. The maximum atomic E-state index is 12.0. The molecule has 0 saturated carbocycles. The van der Waals surface area contributed by atoms with E-state index in [0.717, 1.165) is 25.0 Å². The van der Waals surface area contributed by atoms with Gasteiger partial charge in [-0.3, -0.25) is 4.79 Å². The third-order valence-electron chi connectivity index (χ3n) is 3.49. The molecule has 0 amide bonds. The summed E-state index contributed by atoms with van der Waals surface area (Å²) in [5.41, 5.74) is 2.55. The zero-order chi connectivity index (χ0) is 13.2. The molecule has 0 aromatic heterocycles. The second-order valence-electron chi connectivity index (χ2n) is 6.09. The summed E-state index contributed by atoms with van der Waals surface area (Å²) in [5, 5.41) is 0. The molecule has 2 nitrogen and oxygen atoms in total. The third kappa shape index (κ3) is 3.20. The number of rotatable bonds is 3. The highest BCUT2D eigenvalue weighted by Gasteiger charge is 2.23. The van der Waals surface area contributed by atoms with Crippen LogP contribution in [0, 0.1) is 0 Å². The van der Waals surface area contributed by atoms with Crippen molar-refractivity contribution in [1.29, 1.82) is 0 Å². The van der Waals surface area contributed by atoms with Gasteiger partial charge in [0.15, 0.2) is 5.78 Å². The number of carbonyl (C=O) groups is 1. The first-order chi connectivity index (χ1) is 8.47. The van der Waals surface area contributed by atoms with Crippen molar-refractivity contribution in [1.82, 2.24) is 0 Å². The second-order valence-corrected chi connectivity index (χ2v) is 6.09. The van der Waals surface area contributed by atoms with E-state index in [1.54, 1.807) is 0 Å². The highest BCUT2D eigenvalue weighted by atomic mass is 16.5. The maximum absolute atomic E-state index is 12.0. The maximum Gasteiger partial charge on any atom is 0.165 e. The van der Waals surface area contributed by atoms with E-state index in [1.807, 2.05) is 0 Å². The van der Waals surface area contributed by atoms with Crippen LogP contribution in [-0.2, 0) is 21.4 Å². The molecule has 1 aromatic rings. The zero-order valence-electron chi connectivity index (χ0n) is 11.5. The van der Waals surface area contributed by atoms with Crippen molar-refractivity contribution in [2.75, 3.05) is 6.61 Å². The third-order valence-corrected chi connectivity index (χ3v) is 3.49. The lowest BCUT2D eigenvalue weighted by molar-refractivity contribution is -0.127. The van der Waals surface area contributed by atoms with Crippen molar-refractivity contribution >= 4 is 5.78 Å². The molecule has 98 valence electrons. The van der Waals surface area contributed by atoms with E-state index < -0.39 is 0 Å². The van der Waals surface area contributed by atoms with Gasteiger partial charge in [0.05, 0.1) is 0 Å². The number of Topliss-reactive ketones (excluding diaryl/α,β-unsaturated/α-hetero) is 1. The fraction of sp³-hybridized carbons (Fsp3) is 0.562. The van der Waals surface area contributed by atoms with Gasteiger partial charge in [-0.25, -0.2) is 0 Å². The SMILES string of the molecule is CC(C)(C)c1ccc(CC(=O)C2CCCO2)cc1. The van der Waals surface area contributed by atoms with Crippen molar-refractivity contribution < 1.29 is 9.53 Å². The Balaban J connectivity index is 2.00. The van der Waals surface area contributed by atoms with Crippen LogP contribution >= 0.6 is 0 Å². The molecule has 2 rings (SSSR count). The molecule has 0 aliphatic carbocycles. The number of ketones is 1. The van der Waals surface area contributed by atoms with E-state index in [-0.39, 0.29) is 17.3 Å². The minimum Gasteiger partial charge on any atom is -0.370 e. The van der Waals surface area contributed by atoms with Crippen LogP contribution in [0.25, 0.3) is 0 Å². The molecule has 1 fully saturated rings. The number of ether oxygens (including phenoxy) is 1. The van der Waals surface area contributed by atoms with E-state index in [4.69, 9.17) is 4.74 Å². The standard InChI is InChI=1S/C16H22O2/c1-16(2,3)13-8-6-12(7-9-13)11-14(17)15-5-4-10-18-15/h6-9,15H,4-5,10-11H2,1-3H3. The normalized spacial score (nSPS) is 20.1. The quantitative estimate of drug-likeness (QED) is 0.818. The van der Waals surface area contributed by atoms with Crippen molar-refractivity contribution in [2.24, 2.45) is 0 Å². The molecule has 1 saturated heterocycles. The van der Waals surface area contributed by atoms with Crippen LogP contribution < -0.4 is 0 Å². The number of hydrogen-bond acceptors (Lipinski definition) is 2. The Kier molecular flexibility index (Phi) is 3.86. The molecule has 18 heavy (non-hydrogen) atoms. The first-order valence-corrected chi connectivity index (χ1v) is 6.70. The van der Waals surface area contributed by atoms with Crippen molar-refractivity contribution in [3.63, 3.8) is 0 Å². The van der Waals surface area contributed by atoms with Gasteiger partial charge in [0.2, 0.25) is 0 Å². The molecule has 2 heteroatoms. The van der Waals surface area contributed by atoms with Gasteiger partial charge < -0.3 is 4.74 Å². The lowest BCUT2D eigenvalue weighted by Crippen LogP contribution is -2.21. The van der Waals surface area contributed by atoms with Gasteiger partial charge in [-0.15, -0.1) is 0 Å². The fourth-order valence-electron chi connectivity index (χ4n) is 2.27. The summed E-state index contributed by atoms with van der Waals surface area (Å²) >= 11 is 0. The average Bonchev–Trinajstić information content (AvgIpc) is 2.82. The Morgan fingerprint density at radius 3 is 2.44 bits per heavy atom. The highest BCUT2D eigenvalue weighted by molar-refractivity contribution is 5.85. The van der Waals surface area contributed by atoms with Gasteiger partial charge >= 0.3 is 0 Å². The van der Waals surface area contributed by atoms with Crippen molar-refractivity contribution in [2.45, 2.75) is 51.6 Å². The summed E-state index contributed by atoms with van der Waals surface area (Å²) in [4.78, 5) is 12.0. The van der Waals surface area contributed by atoms with E-state index >= 15 is 0 Å². The van der Waals surface area contributed by atoms with Gasteiger partial charge in [-0.2, -0.15) is 0 Å². The van der Waals surface area contributed by atoms with Gasteiger partial charge in [0, 0.05) is 13.0 Å². The molecule has 1 atom stereocenters. The predicted octanol–water partition coefficient (Wildman–Crippen LogP) is 3.27.